The number of rotatable bonds is 12. The van der Waals surface area contributed by atoms with Gasteiger partial charge in [-0.2, -0.15) is 8.42 Å². The van der Waals surface area contributed by atoms with E-state index in [0.717, 1.165) is 19.3 Å². The van der Waals surface area contributed by atoms with Crippen LogP contribution in [-0.4, -0.2) is 13.0 Å². The van der Waals surface area contributed by atoms with Crippen LogP contribution in [0.25, 0.3) is 0 Å². The van der Waals surface area contributed by atoms with Crippen molar-refractivity contribution in [1.82, 2.24) is 0 Å². The molecule has 22 heavy (non-hydrogen) atoms. The Labute approximate surface area is 158 Å². The molecule has 0 spiro atoms. The van der Waals surface area contributed by atoms with Crippen LogP contribution in [0.5, 0.6) is 0 Å². The molecule has 0 amide bonds. The Morgan fingerprint density at radius 3 is 1.91 bits per heavy atom. The molecule has 124 valence electrons. The van der Waals surface area contributed by atoms with E-state index in [9.17, 15) is 8.42 Å². The Kier molecular flexibility index (Phi) is 12.7. The van der Waals surface area contributed by atoms with E-state index in [0.29, 0.717) is 5.76 Å². The molecule has 0 aromatic carbocycles. The molecule has 0 radical (unpaired) electrons. The summed E-state index contributed by atoms with van der Waals surface area (Å²) in [5.41, 5.74) is 0. The second kappa shape index (κ2) is 12.6. The molecule has 0 saturated carbocycles. The number of hydrogen-bond donors (Lipinski definition) is 1. The van der Waals surface area contributed by atoms with Gasteiger partial charge in [0.15, 0.2) is 0 Å². The van der Waals surface area contributed by atoms with Gasteiger partial charge in [-0.1, -0.05) is 64.7 Å². The third-order valence-electron chi connectivity index (χ3n) is 3.67. The van der Waals surface area contributed by atoms with Crippen LogP contribution in [0.3, 0.4) is 0 Å². The average molecular weight is 340 g/mol. The first-order valence-corrected chi connectivity index (χ1v) is 9.54. The largest absolute Gasteiger partial charge is 1.00 e. The molecular formula is C16H29NaO4S. The summed E-state index contributed by atoms with van der Waals surface area (Å²) in [5, 5.41) is -0.357. The summed E-state index contributed by atoms with van der Waals surface area (Å²) in [4.78, 5) is 0. The normalized spacial score (nSPS) is 11.4. The van der Waals surface area contributed by atoms with Crippen LogP contribution in [0.4, 0.5) is 0 Å². The van der Waals surface area contributed by atoms with Gasteiger partial charge in [-0.05, 0) is 18.6 Å². The van der Waals surface area contributed by atoms with Crippen LogP contribution in [-0.2, 0) is 16.5 Å². The molecule has 0 atom stereocenters. The summed E-state index contributed by atoms with van der Waals surface area (Å²) >= 11 is 0. The van der Waals surface area contributed by atoms with Gasteiger partial charge in [0.05, 0.1) is 0 Å². The van der Waals surface area contributed by atoms with Gasteiger partial charge >= 0.3 is 39.7 Å². The van der Waals surface area contributed by atoms with Gasteiger partial charge in [-0.15, -0.1) is 0 Å². The van der Waals surface area contributed by atoms with E-state index in [1.54, 1.807) is 6.07 Å². The van der Waals surface area contributed by atoms with E-state index in [4.69, 9.17) is 8.97 Å². The molecule has 1 aromatic rings. The van der Waals surface area contributed by atoms with Crippen LogP contribution >= 0.6 is 0 Å². The van der Waals surface area contributed by atoms with Crippen molar-refractivity contribution in [2.75, 3.05) is 0 Å². The molecular weight excluding hydrogens is 311 g/mol. The van der Waals surface area contributed by atoms with Crippen molar-refractivity contribution in [3.05, 3.63) is 17.9 Å². The summed E-state index contributed by atoms with van der Waals surface area (Å²) in [6, 6.07) is 2.93. The summed E-state index contributed by atoms with van der Waals surface area (Å²) < 4.78 is 35.6. The van der Waals surface area contributed by atoms with Crippen molar-refractivity contribution in [3.8, 4) is 0 Å². The maximum absolute atomic E-state index is 10.9. The Morgan fingerprint density at radius 2 is 1.45 bits per heavy atom. The molecule has 0 saturated heterocycles. The average Bonchev–Trinajstić information content (AvgIpc) is 2.90. The maximum atomic E-state index is 10.9. The summed E-state index contributed by atoms with van der Waals surface area (Å²) in [6.07, 6.45) is 13.4. The van der Waals surface area contributed by atoms with E-state index < -0.39 is 10.1 Å². The van der Waals surface area contributed by atoms with Crippen LogP contribution < -0.4 is 29.6 Å². The Bertz CT molecular complexity index is 488. The minimum absolute atomic E-state index is 0. The van der Waals surface area contributed by atoms with Gasteiger partial charge in [-0.25, -0.2) is 0 Å². The van der Waals surface area contributed by atoms with Crippen molar-refractivity contribution in [1.29, 1.82) is 0 Å². The molecule has 1 rings (SSSR count). The first-order valence-electron chi connectivity index (χ1n) is 8.10. The summed E-state index contributed by atoms with van der Waals surface area (Å²) in [6.45, 7) is 2.23. The predicted octanol–water partition coefficient (Wildman–Crippen LogP) is 2.11. The summed E-state index contributed by atoms with van der Waals surface area (Å²) in [5.74, 6) is 0.627. The zero-order valence-electron chi connectivity index (χ0n) is 15.0. The second-order valence-corrected chi connectivity index (χ2v) is 6.98. The molecule has 0 aliphatic heterocycles. The Hall–Kier alpha value is 0.190. The van der Waals surface area contributed by atoms with Crippen molar-refractivity contribution in [3.63, 3.8) is 0 Å². The molecule has 0 bridgehead atoms. The minimum Gasteiger partial charge on any atom is -1.00 e. The molecule has 1 N–H and O–H groups in total. The molecule has 0 unspecified atom stereocenters. The van der Waals surface area contributed by atoms with Crippen molar-refractivity contribution >= 4 is 10.1 Å². The number of aryl methyl sites for hydroxylation is 1. The van der Waals surface area contributed by atoms with Crippen LogP contribution in [0.1, 0.15) is 78.3 Å². The van der Waals surface area contributed by atoms with Crippen molar-refractivity contribution < 1.29 is 48.4 Å². The minimum atomic E-state index is -4.20. The van der Waals surface area contributed by atoms with Gasteiger partial charge in [0, 0.05) is 6.42 Å². The zero-order valence-corrected chi connectivity index (χ0v) is 16.8. The molecule has 1 aromatic heterocycles. The number of furan rings is 1. The smallest absolute Gasteiger partial charge is 1.00 e. The van der Waals surface area contributed by atoms with E-state index in [1.165, 1.54) is 57.4 Å². The first-order chi connectivity index (χ1) is 10.0. The summed E-state index contributed by atoms with van der Waals surface area (Å²) in [7, 11) is -4.20. The van der Waals surface area contributed by atoms with Gasteiger partial charge in [-0.3, -0.25) is 4.55 Å². The van der Waals surface area contributed by atoms with Crippen LogP contribution in [0, 0.1) is 0 Å². The van der Waals surface area contributed by atoms with Gasteiger partial charge in [0.2, 0.25) is 5.09 Å². The monoisotopic (exact) mass is 340 g/mol. The van der Waals surface area contributed by atoms with Gasteiger partial charge < -0.3 is 5.84 Å². The fourth-order valence-electron chi connectivity index (χ4n) is 2.42. The molecule has 0 fully saturated rings. The topological polar surface area (TPSA) is 67.5 Å². The molecule has 4 nitrogen and oxygen atoms in total. The van der Waals surface area contributed by atoms with E-state index in [-0.39, 0.29) is 36.1 Å². The number of hydrogen-bond acceptors (Lipinski definition) is 3. The van der Waals surface area contributed by atoms with Gasteiger partial charge in [0.25, 0.3) is 0 Å². The molecule has 6 heteroatoms. The fourth-order valence-corrected chi connectivity index (χ4v) is 2.87. The van der Waals surface area contributed by atoms with Gasteiger partial charge in [0.1, 0.15) is 5.76 Å². The standard InChI is InChI=1S/C16H28O4S.Na.H/c1-2-3-4-5-6-7-8-9-10-11-12-15-13-14-16(20-15)21(17,18)19;;/h13-14H,2-12H2,1H3,(H,17,18,19);;/q;+1;-1. The van der Waals surface area contributed by atoms with Crippen LogP contribution in [0.2, 0.25) is 0 Å². The molecule has 1 heterocycles. The second-order valence-electron chi connectivity index (χ2n) is 5.63. The Balaban J connectivity index is 0. The number of unbranched alkanes of at least 4 members (excludes halogenated alkanes) is 9. The van der Waals surface area contributed by atoms with Crippen molar-refractivity contribution in [2.24, 2.45) is 0 Å². The van der Waals surface area contributed by atoms with E-state index in [1.807, 2.05) is 0 Å². The Morgan fingerprint density at radius 1 is 0.955 bits per heavy atom. The van der Waals surface area contributed by atoms with Crippen molar-refractivity contribution in [2.45, 2.75) is 82.6 Å². The quantitative estimate of drug-likeness (QED) is 0.359. The maximum Gasteiger partial charge on any atom is 1.00 e. The first kappa shape index (κ1) is 22.2. The van der Waals surface area contributed by atoms with E-state index >= 15 is 0 Å². The fraction of sp³-hybridized carbons (Fsp3) is 0.750. The van der Waals surface area contributed by atoms with E-state index in [2.05, 4.69) is 6.92 Å². The predicted molar refractivity (Wildman–Crippen MR) is 85.2 cm³/mol. The molecule has 0 aliphatic rings. The molecule has 0 aliphatic carbocycles. The zero-order chi connectivity index (χ0) is 15.6. The van der Waals surface area contributed by atoms with Crippen LogP contribution in [0.15, 0.2) is 21.6 Å². The third kappa shape index (κ3) is 10.1. The third-order valence-corrected chi connectivity index (χ3v) is 4.40. The SMILES string of the molecule is CCCCCCCCCCCCc1ccc(S(=O)(=O)O)o1.[H-].[Na+].